The monoisotopic (exact) mass is 483 g/mol. The topological polar surface area (TPSA) is 201 Å². The number of hydrogen-bond donors (Lipinski definition) is 6. The number of carboxylic acid groups (broad SMARTS) is 2. The molecule has 35 heavy (non-hydrogen) atoms. The lowest BCUT2D eigenvalue weighted by Gasteiger charge is -2.24. The first kappa shape index (κ1) is 25.3. The third kappa shape index (κ3) is 6.37. The van der Waals surface area contributed by atoms with Crippen molar-refractivity contribution in [1.29, 1.82) is 0 Å². The van der Waals surface area contributed by atoms with Crippen LogP contribution in [-0.2, 0) is 16.0 Å². The van der Waals surface area contributed by atoms with Crippen LogP contribution in [0.2, 0.25) is 0 Å². The number of hydrogen-bond acceptors (Lipinski definition) is 8. The molecule has 0 fully saturated rings. The normalized spacial score (nSPS) is 11.8. The van der Waals surface area contributed by atoms with E-state index in [4.69, 9.17) is 16.6 Å². The summed E-state index contributed by atoms with van der Waals surface area (Å²) in [6.07, 6.45) is 2.86. The molecular weight excluding hydrogens is 454 g/mol. The van der Waals surface area contributed by atoms with Gasteiger partial charge in [0.25, 0.3) is 5.91 Å². The van der Waals surface area contributed by atoms with Crippen molar-refractivity contribution < 1.29 is 24.6 Å². The zero-order valence-electron chi connectivity index (χ0n) is 19.3. The van der Waals surface area contributed by atoms with Gasteiger partial charge in [-0.15, -0.1) is 0 Å². The molecule has 1 amide bonds. The number of rotatable bonds is 12. The Balaban J connectivity index is 1.69. The third-order valence-corrected chi connectivity index (χ3v) is 5.55. The van der Waals surface area contributed by atoms with Gasteiger partial charge in [-0.3, -0.25) is 9.59 Å². The SMILES string of the molecule is CCCN(CCc1c[nH]c2nc(N)nc(N)c12)c1ccc(C(=O)N[C@@H](CCC(=O)O)C(=O)O)cc1. The molecule has 0 spiro atoms. The standard InChI is InChI=1S/C23H29N7O5/c1-2-10-30(11-9-14-12-26-20-18(14)19(24)28-23(25)29-20)15-5-3-13(4-6-15)21(33)27-16(22(34)35)7-8-17(31)32/h3-6,12,16H,2,7-11H2,1H3,(H,27,33)(H,31,32)(H,34,35)(H5,24,25,26,28,29)/t16-/m0/s1. The van der Waals surface area contributed by atoms with Gasteiger partial charge in [0.05, 0.1) is 5.39 Å². The Hall–Kier alpha value is -4.35. The van der Waals surface area contributed by atoms with Crippen LogP contribution in [0.25, 0.3) is 11.0 Å². The molecule has 0 bridgehead atoms. The van der Waals surface area contributed by atoms with Crippen LogP contribution in [0.3, 0.4) is 0 Å². The molecule has 12 nitrogen and oxygen atoms in total. The van der Waals surface area contributed by atoms with Crippen LogP contribution in [0.15, 0.2) is 30.5 Å². The highest BCUT2D eigenvalue weighted by Gasteiger charge is 2.22. The maximum absolute atomic E-state index is 12.5. The van der Waals surface area contributed by atoms with Crippen molar-refractivity contribution in [2.24, 2.45) is 0 Å². The average Bonchev–Trinajstić information content (AvgIpc) is 3.22. The summed E-state index contributed by atoms with van der Waals surface area (Å²) >= 11 is 0. The number of aliphatic carboxylic acids is 2. The summed E-state index contributed by atoms with van der Waals surface area (Å²) in [6, 6.07) is 5.54. The number of aromatic amines is 1. The number of carbonyl (C=O) groups is 3. The lowest BCUT2D eigenvalue weighted by molar-refractivity contribution is -0.140. The van der Waals surface area contributed by atoms with E-state index in [-0.39, 0.29) is 24.4 Å². The number of nitrogens with one attached hydrogen (secondary N) is 2. The Bertz CT molecular complexity index is 1210. The summed E-state index contributed by atoms with van der Waals surface area (Å²) in [5.74, 6) is -2.56. The first-order valence-corrected chi connectivity index (χ1v) is 11.2. The number of fused-ring (bicyclic) bond motifs is 1. The summed E-state index contributed by atoms with van der Waals surface area (Å²) < 4.78 is 0. The van der Waals surface area contributed by atoms with Gasteiger partial charge < -0.3 is 36.9 Å². The third-order valence-electron chi connectivity index (χ3n) is 5.55. The van der Waals surface area contributed by atoms with Crippen molar-refractivity contribution >= 4 is 46.3 Å². The van der Waals surface area contributed by atoms with Crippen LogP contribution >= 0.6 is 0 Å². The predicted octanol–water partition coefficient (Wildman–Crippen LogP) is 1.63. The molecule has 3 rings (SSSR count). The summed E-state index contributed by atoms with van der Waals surface area (Å²) in [5, 5.41) is 21.2. The minimum atomic E-state index is -1.28. The number of nitrogen functional groups attached to an aromatic ring is 2. The van der Waals surface area contributed by atoms with E-state index in [0.717, 1.165) is 29.6 Å². The van der Waals surface area contributed by atoms with E-state index in [0.29, 0.717) is 24.4 Å². The summed E-state index contributed by atoms with van der Waals surface area (Å²) in [7, 11) is 0. The van der Waals surface area contributed by atoms with Crippen LogP contribution in [-0.4, -0.2) is 62.1 Å². The fourth-order valence-corrected chi connectivity index (χ4v) is 3.83. The molecule has 0 saturated heterocycles. The number of nitrogens with two attached hydrogens (primary N) is 2. The van der Waals surface area contributed by atoms with E-state index in [2.05, 4.69) is 32.1 Å². The molecule has 0 aliphatic rings. The van der Waals surface area contributed by atoms with Gasteiger partial charge >= 0.3 is 11.9 Å². The maximum atomic E-state index is 12.5. The second-order valence-electron chi connectivity index (χ2n) is 8.09. The lowest BCUT2D eigenvalue weighted by atomic mass is 10.1. The molecule has 8 N–H and O–H groups in total. The molecule has 0 aliphatic heterocycles. The predicted molar refractivity (Wildman–Crippen MR) is 131 cm³/mol. The van der Waals surface area contributed by atoms with Crippen LogP contribution < -0.4 is 21.7 Å². The first-order chi connectivity index (χ1) is 16.7. The number of carbonyl (C=O) groups excluding carboxylic acids is 1. The summed E-state index contributed by atoms with van der Waals surface area (Å²) in [4.78, 5) is 48.0. The van der Waals surface area contributed by atoms with Crippen LogP contribution in [0.1, 0.15) is 42.1 Å². The van der Waals surface area contributed by atoms with Crippen molar-refractivity contribution in [1.82, 2.24) is 20.3 Å². The highest BCUT2D eigenvalue weighted by atomic mass is 16.4. The second kappa shape index (κ2) is 11.2. The van der Waals surface area contributed by atoms with Gasteiger partial charge in [0.1, 0.15) is 17.5 Å². The average molecular weight is 484 g/mol. The van der Waals surface area contributed by atoms with Crippen molar-refractivity contribution in [3.63, 3.8) is 0 Å². The summed E-state index contributed by atoms with van der Waals surface area (Å²) in [6.45, 7) is 3.52. The lowest BCUT2D eigenvalue weighted by Crippen LogP contribution is -2.41. The Labute approximate surface area is 201 Å². The molecule has 0 aliphatic carbocycles. The smallest absolute Gasteiger partial charge is 0.326 e. The molecule has 2 aromatic heterocycles. The highest BCUT2D eigenvalue weighted by molar-refractivity contribution is 5.97. The number of H-pyrrole nitrogens is 1. The minimum absolute atomic E-state index is 0.108. The largest absolute Gasteiger partial charge is 0.481 e. The fraction of sp³-hybridized carbons (Fsp3) is 0.348. The van der Waals surface area contributed by atoms with Crippen molar-refractivity contribution in [3.8, 4) is 0 Å². The number of benzene rings is 1. The van der Waals surface area contributed by atoms with Crippen LogP contribution in [0, 0.1) is 0 Å². The van der Waals surface area contributed by atoms with Gasteiger partial charge in [-0.2, -0.15) is 9.97 Å². The molecule has 1 atom stereocenters. The van der Waals surface area contributed by atoms with Crippen LogP contribution in [0.5, 0.6) is 0 Å². The Morgan fingerprint density at radius 3 is 2.46 bits per heavy atom. The Kier molecular flexibility index (Phi) is 8.08. The Morgan fingerprint density at radius 2 is 1.83 bits per heavy atom. The van der Waals surface area contributed by atoms with E-state index in [1.807, 2.05) is 6.20 Å². The molecule has 12 heteroatoms. The number of carboxylic acids is 2. The van der Waals surface area contributed by atoms with E-state index >= 15 is 0 Å². The second-order valence-corrected chi connectivity index (χ2v) is 8.09. The summed E-state index contributed by atoms with van der Waals surface area (Å²) in [5.41, 5.74) is 14.4. The Morgan fingerprint density at radius 1 is 1.11 bits per heavy atom. The minimum Gasteiger partial charge on any atom is -0.481 e. The number of aromatic nitrogens is 3. The van der Waals surface area contributed by atoms with Gasteiger partial charge in [-0.05, 0) is 49.1 Å². The first-order valence-electron chi connectivity index (χ1n) is 11.2. The van der Waals surface area contributed by atoms with Gasteiger partial charge in [0.2, 0.25) is 5.95 Å². The van der Waals surface area contributed by atoms with Gasteiger partial charge in [0.15, 0.2) is 0 Å². The molecule has 3 aromatic rings. The van der Waals surface area contributed by atoms with E-state index in [9.17, 15) is 19.5 Å². The van der Waals surface area contributed by atoms with Crippen molar-refractivity contribution in [2.75, 3.05) is 29.5 Å². The molecule has 0 radical (unpaired) electrons. The zero-order chi connectivity index (χ0) is 25.5. The molecular formula is C23H29N7O5. The highest BCUT2D eigenvalue weighted by Crippen LogP contribution is 2.24. The quantitative estimate of drug-likeness (QED) is 0.220. The molecule has 186 valence electrons. The van der Waals surface area contributed by atoms with Gasteiger partial charge in [-0.1, -0.05) is 6.92 Å². The van der Waals surface area contributed by atoms with E-state index in [1.54, 1.807) is 24.3 Å². The molecule has 0 unspecified atom stereocenters. The fourth-order valence-electron chi connectivity index (χ4n) is 3.83. The molecule has 0 saturated carbocycles. The van der Waals surface area contributed by atoms with Crippen molar-refractivity contribution in [2.45, 2.75) is 38.6 Å². The van der Waals surface area contributed by atoms with Crippen LogP contribution in [0.4, 0.5) is 17.5 Å². The van der Waals surface area contributed by atoms with Crippen molar-refractivity contribution in [3.05, 3.63) is 41.6 Å². The van der Waals surface area contributed by atoms with Gasteiger partial charge in [0, 0.05) is 37.0 Å². The maximum Gasteiger partial charge on any atom is 0.326 e. The van der Waals surface area contributed by atoms with E-state index in [1.165, 1.54) is 0 Å². The number of anilines is 3. The van der Waals surface area contributed by atoms with Gasteiger partial charge in [-0.25, -0.2) is 4.79 Å². The van der Waals surface area contributed by atoms with E-state index < -0.39 is 23.9 Å². The number of nitrogens with zero attached hydrogens (tertiary/aromatic N) is 3. The molecule has 1 aromatic carbocycles. The number of amides is 1. The zero-order valence-corrected chi connectivity index (χ0v) is 19.3. The molecule has 2 heterocycles.